The molecule has 2 heteroatoms. The Morgan fingerprint density at radius 1 is 1.71 bits per heavy atom. The molecule has 0 spiro atoms. The molecule has 2 N–H and O–H groups in total. The monoisotopic (exact) mass is 101 g/mol. The first-order valence-electron chi connectivity index (χ1n) is 2.34. The van der Waals surface area contributed by atoms with Crippen LogP contribution in [0.4, 0.5) is 0 Å². The summed E-state index contributed by atoms with van der Waals surface area (Å²) in [5.74, 6) is 4.74. The molecule has 0 rings (SSSR count). The van der Waals surface area contributed by atoms with Crippen molar-refractivity contribution in [3.05, 3.63) is 12.2 Å². The molecule has 0 unspecified atom stereocenters. The normalized spacial score (nSPS) is 10.6. The third-order valence-electron chi connectivity index (χ3n) is 0.638. The second-order valence-electron chi connectivity index (χ2n) is 1.23. The summed E-state index contributed by atoms with van der Waals surface area (Å²) in [6, 6.07) is 0. The largest absolute Gasteiger partial charge is 0.304 e. The van der Waals surface area contributed by atoms with Gasteiger partial charge in [0, 0.05) is 0 Å². The van der Waals surface area contributed by atoms with Crippen LogP contribution in [0.15, 0.2) is 12.2 Å². The van der Waals surface area contributed by atoms with Crippen LogP contribution in [0.1, 0.15) is 13.3 Å². The van der Waals surface area contributed by atoms with Crippen molar-refractivity contribution in [2.75, 3.05) is 6.61 Å². The van der Waals surface area contributed by atoms with E-state index in [0.717, 1.165) is 6.42 Å². The Morgan fingerprint density at radius 3 is 2.86 bits per heavy atom. The van der Waals surface area contributed by atoms with E-state index < -0.39 is 0 Å². The van der Waals surface area contributed by atoms with Crippen LogP contribution in [0.2, 0.25) is 0 Å². The van der Waals surface area contributed by atoms with Gasteiger partial charge in [0.2, 0.25) is 0 Å². The summed E-state index contributed by atoms with van der Waals surface area (Å²) in [6.07, 6.45) is 4.89. The fourth-order valence-corrected chi connectivity index (χ4v) is 0.303. The lowest BCUT2D eigenvalue weighted by Crippen LogP contribution is -1.98. The second kappa shape index (κ2) is 5.66. The number of rotatable bonds is 3. The van der Waals surface area contributed by atoms with Gasteiger partial charge in [-0.05, 0) is 13.3 Å². The molecule has 2 nitrogen and oxygen atoms in total. The fraction of sp³-hybridized carbons (Fsp3) is 0.600. The Balaban J connectivity index is 2.69. The zero-order valence-electron chi connectivity index (χ0n) is 4.55. The van der Waals surface area contributed by atoms with Crippen molar-refractivity contribution < 1.29 is 4.84 Å². The highest BCUT2D eigenvalue weighted by molar-refractivity contribution is 4.75. The molecule has 0 fully saturated rings. The van der Waals surface area contributed by atoms with E-state index in [1.165, 1.54) is 0 Å². The van der Waals surface area contributed by atoms with E-state index in [9.17, 15) is 0 Å². The average molecular weight is 101 g/mol. The molecular weight excluding hydrogens is 90.1 g/mol. The molecule has 0 aromatic heterocycles. The van der Waals surface area contributed by atoms with Gasteiger partial charge in [0.15, 0.2) is 0 Å². The van der Waals surface area contributed by atoms with Crippen LogP contribution < -0.4 is 5.90 Å². The Labute approximate surface area is 43.9 Å². The maximum atomic E-state index is 4.74. The molecule has 0 aromatic rings. The van der Waals surface area contributed by atoms with Crippen molar-refractivity contribution in [3.8, 4) is 0 Å². The highest BCUT2D eigenvalue weighted by Crippen LogP contribution is 1.79. The van der Waals surface area contributed by atoms with Crippen LogP contribution in [0.5, 0.6) is 0 Å². The zero-order valence-corrected chi connectivity index (χ0v) is 4.55. The molecule has 0 bridgehead atoms. The molecule has 7 heavy (non-hydrogen) atoms. The van der Waals surface area contributed by atoms with Crippen molar-refractivity contribution in [1.29, 1.82) is 0 Å². The minimum absolute atomic E-state index is 0.615. The van der Waals surface area contributed by atoms with Gasteiger partial charge in [-0.25, -0.2) is 5.90 Å². The molecule has 0 saturated carbocycles. The standard InChI is InChI=1S/C5H11NO/c1-2-3-4-5-7-6/h2-3H,4-6H2,1H3. The first kappa shape index (κ1) is 6.66. The lowest BCUT2D eigenvalue weighted by molar-refractivity contribution is 0.143. The van der Waals surface area contributed by atoms with Crippen molar-refractivity contribution in [3.63, 3.8) is 0 Å². The van der Waals surface area contributed by atoms with Crippen molar-refractivity contribution in [2.45, 2.75) is 13.3 Å². The minimum atomic E-state index is 0.615. The first-order valence-corrected chi connectivity index (χ1v) is 2.34. The minimum Gasteiger partial charge on any atom is -0.304 e. The summed E-state index contributed by atoms with van der Waals surface area (Å²) in [4.78, 5) is 4.29. The van der Waals surface area contributed by atoms with E-state index >= 15 is 0 Å². The molecule has 42 valence electrons. The van der Waals surface area contributed by atoms with Gasteiger partial charge < -0.3 is 4.84 Å². The van der Waals surface area contributed by atoms with Crippen molar-refractivity contribution >= 4 is 0 Å². The third-order valence-corrected chi connectivity index (χ3v) is 0.638. The van der Waals surface area contributed by atoms with E-state index in [-0.39, 0.29) is 0 Å². The van der Waals surface area contributed by atoms with Crippen molar-refractivity contribution in [1.82, 2.24) is 0 Å². The van der Waals surface area contributed by atoms with Gasteiger partial charge in [0.1, 0.15) is 0 Å². The van der Waals surface area contributed by atoms with E-state index in [1.54, 1.807) is 0 Å². The van der Waals surface area contributed by atoms with Crippen LogP contribution >= 0.6 is 0 Å². The second-order valence-corrected chi connectivity index (χ2v) is 1.23. The smallest absolute Gasteiger partial charge is 0.0713 e. The maximum absolute atomic E-state index is 4.74. The summed E-state index contributed by atoms with van der Waals surface area (Å²) in [5, 5.41) is 0. The van der Waals surface area contributed by atoms with E-state index in [2.05, 4.69) is 4.84 Å². The SMILES string of the molecule is CC=CCCON. The van der Waals surface area contributed by atoms with Gasteiger partial charge in [-0.2, -0.15) is 0 Å². The molecule has 0 saturated heterocycles. The number of hydrogen-bond donors (Lipinski definition) is 1. The Hall–Kier alpha value is -0.340. The summed E-state index contributed by atoms with van der Waals surface area (Å²) in [6.45, 7) is 2.58. The summed E-state index contributed by atoms with van der Waals surface area (Å²) < 4.78 is 0. The molecule has 0 radical (unpaired) electrons. The fourth-order valence-electron chi connectivity index (χ4n) is 0.303. The highest BCUT2D eigenvalue weighted by atomic mass is 16.6. The summed E-state index contributed by atoms with van der Waals surface area (Å²) in [5.41, 5.74) is 0. The topological polar surface area (TPSA) is 35.2 Å². The lowest BCUT2D eigenvalue weighted by Gasteiger charge is -1.86. The van der Waals surface area contributed by atoms with Gasteiger partial charge in [-0.15, -0.1) is 0 Å². The van der Waals surface area contributed by atoms with E-state index in [4.69, 9.17) is 5.90 Å². The zero-order chi connectivity index (χ0) is 5.54. The molecular formula is C5H11NO. The Kier molecular flexibility index (Phi) is 5.39. The number of allylic oxidation sites excluding steroid dienone is 1. The first-order chi connectivity index (χ1) is 3.41. The Morgan fingerprint density at radius 2 is 2.43 bits per heavy atom. The van der Waals surface area contributed by atoms with Crippen LogP contribution in [0.3, 0.4) is 0 Å². The van der Waals surface area contributed by atoms with Gasteiger partial charge >= 0.3 is 0 Å². The number of hydrogen-bond acceptors (Lipinski definition) is 2. The van der Waals surface area contributed by atoms with Gasteiger partial charge in [0.05, 0.1) is 6.61 Å². The predicted molar refractivity (Wildman–Crippen MR) is 29.6 cm³/mol. The van der Waals surface area contributed by atoms with Gasteiger partial charge in [-0.3, -0.25) is 0 Å². The molecule has 0 aliphatic heterocycles. The van der Waals surface area contributed by atoms with Gasteiger partial charge in [0.25, 0.3) is 0 Å². The molecule has 0 amide bonds. The summed E-state index contributed by atoms with van der Waals surface area (Å²) in [7, 11) is 0. The van der Waals surface area contributed by atoms with Gasteiger partial charge in [-0.1, -0.05) is 12.2 Å². The third kappa shape index (κ3) is 5.66. The van der Waals surface area contributed by atoms with Crippen LogP contribution in [0.25, 0.3) is 0 Å². The molecule has 0 aliphatic rings. The summed E-state index contributed by atoms with van der Waals surface area (Å²) >= 11 is 0. The number of nitrogens with two attached hydrogens (primary N) is 1. The molecule has 0 heterocycles. The molecule has 0 atom stereocenters. The van der Waals surface area contributed by atoms with E-state index in [1.807, 2.05) is 19.1 Å². The van der Waals surface area contributed by atoms with E-state index in [0.29, 0.717) is 6.61 Å². The average Bonchev–Trinajstić information content (AvgIpc) is 1.69. The highest BCUT2D eigenvalue weighted by Gasteiger charge is 1.72. The van der Waals surface area contributed by atoms with Crippen LogP contribution in [-0.4, -0.2) is 6.61 Å². The van der Waals surface area contributed by atoms with Crippen molar-refractivity contribution in [2.24, 2.45) is 5.90 Å². The molecule has 0 aliphatic carbocycles. The van der Waals surface area contributed by atoms with Crippen LogP contribution in [0, 0.1) is 0 Å². The Bertz CT molecular complexity index is 52.0. The lowest BCUT2D eigenvalue weighted by atomic mass is 10.4. The van der Waals surface area contributed by atoms with Crippen LogP contribution in [-0.2, 0) is 4.84 Å². The maximum Gasteiger partial charge on any atom is 0.0713 e. The molecule has 0 aromatic carbocycles. The predicted octanol–water partition coefficient (Wildman–Crippen LogP) is 0.843. The quantitative estimate of drug-likeness (QED) is 0.325.